The van der Waals surface area contributed by atoms with Gasteiger partial charge in [-0.2, -0.15) is 0 Å². The molecule has 0 bridgehead atoms. The van der Waals surface area contributed by atoms with Crippen LogP contribution in [-0.4, -0.2) is 47.0 Å². The number of rotatable bonds is 3. The second-order valence-corrected chi connectivity index (χ2v) is 8.59. The normalized spacial score (nSPS) is 14.3. The highest BCUT2D eigenvalue weighted by atomic mass is 35.5. The zero-order chi connectivity index (χ0) is 21.4. The molecular formula is C23H18ClFN4OS. The lowest BCUT2D eigenvalue weighted by molar-refractivity contribution is 0.0742. The van der Waals surface area contributed by atoms with E-state index in [0.29, 0.717) is 31.2 Å². The summed E-state index contributed by atoms with van der Waals surface area (Å²) in [7, 11) is 0. The van der Waals surface area contributed by atoms with Crippen LogP contribution in [0.25, 0.3) is 21.3 Å². The zero-order valence-electron chi connectivity index (χ0n) is 16.5. The lowest BCUT2D eigenvalue weighted by Gasteiger charge is -2.35. The van der Waals surface area contributed by atoms with Crippen molar-refractivity contribution in [2.24, 2.45) is 0 Å². The third-order valence-electron chi connectivity index (χ3n) is 5.48. The molecule has 0 atom stereocenters. The lowest BCUT2D eigenvalue weighted by atomic mass is 10.1. The van der Waals surface area contributed by atoms with Gasteiger partial charge in [-0.3, -0.25) is 4.79 Å². The van der Waals surface area contributed by atoms with Gasteiger partial charge in [-0.1, -0.05) is 35.9 Å². The van der Waals surface area contributed by atoms with Crippen LogP contribution in [0.2, 0.25) is 5.02 Å². The molecule has 1 saturated heterocycles. The minimum atomic E-state index is -0.488. The van der Waals surface area contributed by atoms with Crippen molar-refractivity contribution < 1.29 is 9.18 Å². The highest BCUT2D eigenvalue weighted by Gasteiger charge is 2.26. The molecule has 156 valence electrons. The molecule has 8 heteroatoms. The monoisotopic (exact) mass is 452 g/mol. The summed E-state index contributed by atoms with van der Waals surface area (Å²) < 4.78 is 14.0. The Labute approximate surface area is 187 Å². The molecule has 4 aromatic rings. The first-order valence-electron chi connectivity index (χ1n) is 9.89. The Balaban J connectivity index is 1.41. The van der Waals surface area contributed by atoms with Crippen LogP contribution in [0.15, 0.2) is 60.2 Å². The number of benzene rings is 2. The van der Waals surface area contributed by atoms with Gasteiger partial charge in [0.05, 0.1) is 10.9 Å². The van der Waals surface area contributed by atoms with Crippen LogP contribution in [0.5, 0.6) is 0 Å². The van der Waals surface area contributed by atoms with E-state index in [0.717, 1.165) is 27.2 Å². The summed E-state index contributed by atoms with van der Waals surface area (Å²) in [4.78, 5) is 26.5. The molecule has 2 aromatic heterocycles. The largest absolute Gasteiger partial charge is 0.352 e. The summed E-state index contributed by atoms with van der Waals surface area (Å²) in [5.74, 6) is 0.0930. The zero-order valence-corrected chi connectivity index (χ0v) is 18.0. The number of hydrogen-bond acceptors (Lipinski definition) is 5. The number of halogens is 2. The molecule has 5 nitrogen and oxygen atoms in total. The average molecular weight is 453 g/mol. The Morgan fingerprint density at radius 3 is 2.48 bits per heavy atom. The number of hydrogen-bond donors (Lipinski definition) is 0. The topological polar surface area (TPSA) is 49.3 Å². The summed E-state index contributed by atoms with van der Waals surface area (Å²) in [5.41, 5.74) is 2.24. The smallest absolute Gasteiger partial charge is 0.256 e. The molecule has 5 rings (SSSR count). The standard InChI is InChI=1S/C23H18ClFN4OS/c24-16-7-5-15(6-8-16)18-13-31-22-20(18)21(26-14-27-22)28-9-11-29(12-10-28)23(30)17-3-1-2-4-19(17)25/h1-8,13-14H,9-12H2. The van der Waals surface area contributed by atoms with E-state index < -0.39 is 5.82 Å². The molecule has 1 aliphatic rings. The number of carbonyl (C=O) groups excluding carboxylic acids is 1. The Kier molecular flexibility index (Phi) is 5.29. The van der Waals surface area contributed by atoms with Crippen LogP contribution in [-0.2, 0) is 0 Å². The van der Waals surface area contributed by atoms with Crippen molar-refractivity contribution in [2.75, 3.05) is 31.1 Å². The van der Waals surface area contributed by atoms with Crippen molar-refractivity contribution in [3.8, 4) is 11.1 Å². The number of thiophene rings is 1. The van der Waals surface area contributed by atoms with E-state index in [9.17, 15) is 9.18 Å². The summed E-state index contributed by atoms with van der Waals surface area (Å²) >= 11 is 7.63. The van der Waals surface area contributed by atoms with Crippen LogP contribution in [0.3, 0.4) is 0 Å². The van der Waals surface area contributed by atoms with Gasteiger partial charge < -0.3 is 9.80 Å². The summed E-state index contributed by atoms with van der Waals surface area (Å²) in [6.45, 7) is 2.22. The number of carbonyl (C=O) groups is 1. The Morgan fingerprint density at radius 2 is 1.74 bits per heavy atom. The summed E-state index contributed by atoms with van der Waals surface area (Å²) in [5, 5.41) is 3.78. The molecule has 1 aliphatic heterocycles. The molecule has 31 heavy (non-hydrogen) atoms. The van der Waals surface area contributed by atoms with E-state index in [-0.39, 0.29) is 11.5 Å². The molecule has 0 radical (unpaired) electrons. The fraction of sp³-hybridized carbons (Fsp3) is 0.174. The first-order valence-corrected chi connectivity index (χ1v) is 11.1. The quantitative estimate of drug-likeness (QED) is 0.433. The number of fused-ring (bicyclic) bond motifs is 1. The van der Waals surface area contributed by atoms with Gasteiger partial charge in [0.15, 0.2) is 0 Å². The maximum atomic E-state index is 14.0. The highest BCUT2D eigenvalue weighted by molar-refractivity contribution is 7.17. The van der Waals surface area contributed by atoms with E-state index >= 15 is 0 Å². The van der Waals surface area contributed by atoms with Crippen LogP contribution < -0.4 is 4.90 Å². The maximum Gasteiger partial charge on any atom is 0.256 e. The second kappa shape index (κ2) is 8.24. The predicted molar refractivity (Wildman–Crippen MR) is 122 cm³/mol. The molecule has 1 amide bonds. The van der Waals surface area contributed by atoms with Gasteiger partial charge in [0, 0.05) is 42.1 Å². The first kappa shape index (κ1) is 19.9. The molecule has 0 unspecified atom stereocenters. The molecule has 2 aromatic carbocycles. The van der Waals surface area contributed by atoms with Gasteiger partial charge in [0.1, 0.15) is 22.8 Å². The van der Waals surface area contributed by atoms with Gasteiger partial charge in [0.2, 0.25) is 0 Å². The SMILES string of the molecule is O=C(c1ccccc1F)N1CCN(c2ncnc3scc(-c4ccc(Cl)cc4)c23)CC1. The van der Waals surface area contributed by atoms with Crippen molar-refractivity contribution in [3.63, 3.8) is 0 Å². The van der Waals surface area contributed by atoms with Crippen molar-refractivity contribution >= 4 is 44.9 Å². The molecule has 0 aliphatic carbocycles. The molecule has 1 fully saturated rings. The van der Waals surface area contributed by atoms with Gasteiger partial charge in [-0.25, -0.2) is 14.4 Å². The van der Waals surface area contributed by atoms with Crippen LogP contribution in [0, 0.1) is 5.82 Å². The van der Waals surface area contributed by atoms with Crippen molar-refractivity contribution in [3.05, 3.63) is 76.6 Å². The number of aromatic nitrogens is 2. The highest BCUT2D eigenvalue weighted by Crippen LogP contribution is 2.38. The summed E-state index contributed by atoms with van der Waals surface area (Å²) in [6.07, 6.45) is 1.58. The molecular weight excluding hydrogens is 435 g/mol. The van der Waals surface area contributed by atoms with Crippen molar-refractivity contribution in [1.82, 2.24) is 14.9 Å². The fourth-order valence-electron chi connectivity index (χ4n) is 3.87. The second-order valence-electron chi connectivity index (χ2n) is 7.29. The maximum absolute atomic E-state index is 14.0. The summed E-state index contributed by atoms with van der Waals surface area (Å²) in [6, 6.07) is 13.8. The van der Waals surface area contributed by atoms with Crippen LogP contribution >= 0.6 is 22.9 Å². The molecule has 3 heterocycles. The first-order chi connectivity index (χ1) is 15.1. The van der Waals surface area contributed by atoms with Gasteiger partial charge in [-0.05, 0) is 29.8 Å². The van der Waals surface area contributed by atoms with E-state index in [1.807, 2.05) is 24.3 Å². The fourth-order valence-corrected chi connectivity index (χ4v) is 4.90. The van der Waals surface area contributed by atoms with Crippen LogP contribution in [0.4, 0.5) is 10.2 Å². The van der Waals surface area contributed by atoms with Crippen LogP contribution in [0.1, 0.15) is 10.4 Å². The number of nitrogens with zero attached hydrogens (tertiary/aromatic N) is 4. The molecule has 0 saturated carbocycles. The van der Waals surface area contributed by atoms with E-state index in [1.165, 1.54) is 12.1 Å². The van der Waals surface area contributed by atoms with Crippen molar-refractivity contribution in [1.29, 1.82) is 0 Å². The van der Waals surface area contributed by atoms with Gasteiger partial charge in [0.25, 0.3) is 5.91 Å². The number of piperazine rings is 1. The van der Waals surface area contributed by atoms with E-state index in [1.54, 1.807) is 34.7 Å². The molecule has 0 spiro atoms. The van der Waals surface area contributed by atoms with Gasteiger partial charge >= 0.3 is 0 Å². The average Bonchev–Trinajstić information content (AvgIpc) is 3.24. The van der Waals surface area contributed by atoms with E-state index in [2.05, 4.69) is 20.2 Å². The minimum absolute atomic E-state index is 0.114. The number of amides is 1. The Morgan fingerprint density at radius 1 is 1.00 bits per heavy atom. The van der Waals surface area contributed by atoms with Crippen molar-refractivity contribution in [2.45, 2.75) is 0 Å². The van der Waals surface area contributed by atoms with E-state index in [4.69, 9.17) is 11.6 Å². The Hall–Kier alpha value is -3.03. The third-order valence-corrected chi connectivity index (χ3v) is 6.61. The van der Waals surface area contributed by atoms with Gasteiger partial charge in [-0.15, -0.1) is 11.3 Å². The Bertz CT molecular complexity index is 1250. The third kappa shape index (κ3) is 3.75. The predicted octanol–water partition coefficient (Wildman–Crippen LogP) is 5.11. The minimum Gasteiger partial charge on any atom is -0.352 e. The molecule has 0 N–H and O–H groups in total. The number of anilines is 1. The lowest BCUT2D eigenvalue weighted by Crippen LogP contribution is -2.49.